The van der Waals surface area contributed by atoms with E-state index in [1.165, 1.54) is 5.57 Å². The fraction of sp³-hybridized carbons (Fsp3) is 0.304. The molecule has 1 atom stereocenters. The van der Waals surface area contributed by atoms with Gasteiger partial charge in [0.05, 0.1) is 11.4 Å². The van der Waals surface area contributed by atoms with Gasteiger partial charge in [-0.1, -0.05) is 31.2 Å². The molecule has 2 aliphatic heterocycles. The summed E-state index contributed by atoms with van der Waals surface area (Å²) in [6, 6.07) is 16.4. The smallest absolute Gasteiger partial charge is 0.200 e. The van der Waals surface area contributed by atoms with Gasteiger partial charge in [0, 0.05) is 19.2 Å². The van der Waals surface area contributed by atoms with Crippen molar-refractivity contribution in [3.05, 3.63) is 72.1 Å². The molecule has 2 aliphatic rings. The molecule has 0 N–H and O–H groups in total. The second-order valence-electron chi connectivity index (χ2n) is 6.65. The number of halogens is 1. The lowest BCUT2D eigenvalue weighted by molar-refractivity contribution is 0.274. The van der Waals surface area contributed by atoms with Crippen LogP contribution in [-0.4, -0.2) is 19.3 Å². The molecule has 148 valence electrons. The van der Waals surface area contributed by atoms with E-state index in [4.69, 9.17) is 9.47 Å². The maximum atomic E-state index is 6.19. The number of allylic oxidation sites excluding steroid dienone is 2. The van der Waals surface area contributed by atoms with E-state index >= 15 is 0 Å². The maximum Gasteiger partial charge on any atom is 0.200 e. The Hall–Kier alpha value is -2.15. The van der Waals surface area contributed by atoms with Gasteiger partial charge in [-0.3, -0.25) is 0 Å². The van der Waals surface area contributed by atoms with Crippen molar-refractivity contribution in [2.24, 2.45) is 0 Å². The first-order valence-corrected chi connectivity index (χ1v) is 9.74. The predicted octanol–water partition coefficient (Wildman–Crippen LogP) is 5.95. The molecule has 0 saturated heterocycles. The summed E-state index contributed by atoms with van der Waals surface area (Å²) in [6.45, 7) is 8.23. The molecule has 0 aromatic heterocycles. The summed E-state index contributed by atoms with van der Waals surface area (Å²) in [5.41, 5.74) is 3.48. The van der Waals surface area contributed by atoms with Crippen LogP contribution in [-0.2, 0) is 0 Å². The SMILES string of the molecule is CCC(/C=C1\Oc2ccccc2N1CC)=C\C1Oc2ccccc2N1CC.I. The third-order valence-corrected chi connectivity index (χ3v) is 5.10. The first kappa shape index (κ1) is 20.6. The molecule has 0 saturated carbocycles. The van der Waals surface area contributed by atoms with E-state index in [1.807, 2.05) is 30.3 Å². The topological polar surface area (TPSA) is 24.9 Å². The number of likely N-dealkylation sites (N-methyl/N-ethyl adjacent to an activating group) is 1. The van der Waals surface area contributed by atoms with Gasteiger partial charge in [0.2, 0.25) is 5.88 Å². The number of ether oxygens (including phenoxy) is 2. The Morgan fingerprint density at radius 3 is 2.29 bits per heavy atom. The lowest BCUT2D eigenvalue weighted by Gasteiger charge is -2.22. The molecule has 0 bridgehead atoms. The molecule has 0 radical (unpaired) electrons. The fourth-order valence-electron chi connectivity index (χ4n) is 3.70. The number of para-hydroxylation sites is 4. The highest BCUT2D eigenvalue weighted by Gasteiger charge is 2.29. The number of hydrogen-bond acceptors (Lipinski definition) is 4. The molecular weight excluding hydrogens is 463 g/mol. The molecule has 0 spiro atoms. The highest BCUT2D eigenvalue weighted by atomic mass is 127. The molecule has 0 aliphatic carbocycles. The third-order valence-electron chi connectivity index (χ3n) is 5.10. The minimum Gasteiger partial charge on any atom is -0.465 e. The van der Waals surface area contributed by atoms with Crippen molar-refractivity contribution in [2.75, 3.05) is 22.9 Å². The van der Waals surface area contributed by atoms with Crippen LogP contribution in [0.15, 0.2) is 72.1 Å². The number of hydrogen-bond donors (Lipinski definition) is 0. The predicted molar refractivity (Wildman–Crippen MR) is 126 cm³/mol. The molecule has 2 aromatic rings. The van der Waals surface area contributed by atoms with Crippen molar-refractivity contribution >= 4 is 35.4 Å². The van der Waals surface area contributed by atoms with Crippen LogP contribution in [0.3, 0.4) is 0 Å². The quantitative estimate of drug-likeness (QED) is 0.484. The number of benzene rings is 2. The van der Waals surface area contributed by atoms with E-state index in [2.05, 4.69) is 60.9 Å². The molecule has 2 aromatic carbocycles. The molecule has 5 heteroatoms. The number of rotatable bonds is 5. The zero-order chi connectivity index (χ0) is 18.8. The Morgan fingerprint density at radius 2 is 1.61 bits per heavy atom. The second kappa shape index (κ2) is 8.90. The minimum atomic E-state index is -0.0851. The van der Waals surface area contributed by atoms with Gasteiger partial charge < -0.3 is 19.3 Å². The Balaban J connectivity index is 0.00000225. The van der Waals surface area contributed by atoms with Gasteiger partial charge in [0.25, 0.3) is 0 Å². The monoisotopic (exact) mass is 490 g/mol. The molecule has 2 heterocycles. The maximum absolute atomic E-state index is 6.19. The van der Waals surface area contributed by atoms with Crippen molar-refractivity contribution in [1.82, 2.24) is 0 Å². The largest absolute Gasteiger partial charge is 0.465 e. The van der Waals surface area contributed by atoms with Gasteiger partial charge in [-0.25, -0.2) is 0 Å². The zero-order valence-corrected chi connectivity index (χ0v) is 18.9. The lowest BCUT2D eigenvalue weighted by atomic mass is 10.1. The van der Waals surface area contributed by atoms with E-state index in [0.717, 1.165) is 48.3 Å². The van der Waals surface area contributed by atoms with E-state index in [0.29, 0.717) is 0 Å². The summed E-state index contributed by atoms with van der Waals surface area (Å²) in [5, 5.41) is 0. The van der Waals surface area contributed by atoms with Gasteiger partial charge in [-0.2, -0.15) is 0 Å². The zero-order valence-electron chi connectivity index (χ0n) is 16.6. The van der Waals surface area contributed by atoms with E-state index in [-0.39, 0.29) is 30.2 Å². The Labute approximate surface area is 184 Å². The first-order valence-electron chi connectivity index (χ1n) is 9.74. The van der Waals surface area contributed by atoms with Gasteiger partial charge in [-0.15, -0.1) is 24.0 Å². The Morgan fingerprint density at radius 1 is 0.929 bits per heavy atom. The van der Waals surface area contributed by atoms with Gasteiger partial charge in [0.1, 0.15) is 5.75 Å². The van der Waals surface area contributed by atoms with Crippen LogP contribution in [0.5, 0.6) is 11.5 Å². The normalized spacial score (nSPS) is 19.0. The van der Waals surface area contributed by atoms with Gasteiger partial charge in [0.15, 0.2) is 12.0 Å². The van der Waals surface area contributed by atoms with E-state index < -0.39 is 0 Å². The Bertz CT molecular complexity index is 894. The van der Waals surface area contributed by atoms with Crippen LogP contribution in [0.1, 0.15) is 27.2 Å². The minimum absolute atomic E-state index is 0. The summed E-state index contributed by atoms with van der Waals surface area (Å²) < 4.78 is 12.3. The van der Waals surface area contributed by atoms with Crippen molar-refractivity contribution < 1.29 is 9.47 Å². The van der Waals surface area contributed by atoms with Crippen LogP contribution in [0.2, 0.25) is 0 Å². The summed E-state index contributed by atoms with van der Waals surface area (Å²) in [5.74, 6) is 2.74. The molecular formula is C23H27IN2O2. The molecule has 28 heavy (non-hydrogen) atoms. The second-order valence-corrected chi connectivity index (χ2v) is 6.65. The highest BCUT2D eigenvalue weighted by Crippen LogP contribution is 2.40. The van der Waals surface area contributed by atoms with Crippen molar-refractivity contribution in [2.45, 2.75) is 33.4 Å². The average molecular weight is 490 g/mol. The van der Waals surface area contributed by atoms with Crippen LogP contribution in [0.25, 0.3) is 0 Å². The number of anilines is 2. The highest BCUT2D eigenvalue weighted by molar-refractivity contribution is 14.0. The Kier molecular flexibility index (Phi) is 6.54. The standard InChI is InChI=1S/C23H26N2O2.HI/c1-4-17(15-22-24(5-2)18-11-7-9-13-20(18)26-22)16-23-25(6-3)19-12-8-10-14-21(19)27-23;/h7-16,22H,4-6H2,1-3H3;1H/b17-15+,23-16-;. The van der Waals surface area contributed by atoms with Gasteiger partial charge >= 0.3 is 0 Å². The number of fused-ring (bicyclic) bond motifs is 2. The van der Waals surface area contributed by atoms with Gasteiger partial charge in [-0.05, 0) is 56.2 Å². The summed E-state index contributed by atoms with van der Waals surface area (Å²) >= 11 is 0. The molecule has 0 amide bonds. The average Bonchev–Trinajstić information content (AvgIpc) is 3.23. The molecule has 4 rings (SSSR count). The lowest BCUT2D eigenvalue weighted by Crippen LogP contribution is -2.33. The third kappa shape index (κ3) is 3.72. The molecule has 0 fully saturated rings. The van der Waals surface area contributed by atoms with Crippen molar-refractivity contribution in [1.29, 1.82) is 0 Å². The molecule has 1 unspecified atom stereocenters. The van der Waals surface area contributed by atoms with E-state index in [9.17, 15) is 0 Å². The molecule has 4 nitrogen and oxygen atoms in total. The first-order chi connectivity index (χ1) is 13.2. The van der Waals surface area contributed by atoms with Crippen molar-refractivity contribution in [3.63, 3.8) is 0 Å². The van der Waals surface area contributed by atoms with Crippen molar-refractivity contribution in [3.8, 4) is 11.5 Å². The summed E-state index contributed by atoms with van der Waals surface area (Å²) in [4.78, 5) is 4.49. The number of nitrogens with zero attached hydrogens (tertiary/aromatic N) is 2. The van der Waals surface area contributed by atoms with Crippen LogP contribution >= 0.6 is 24.0 Å². The summed E-state index contributed by atoms with van der Waals surface area (Å²) in [6.07, 6.45) is 5.17. The van der Waals surface area contributed by atoms with E-state index in [1.54, 1.807) is 0 Å². The van der Waals surface area contributed by atoms with Crippen LogP contribution < -0.4 is 19.3 Å². The summed E-state index contributed by atoms with van der Waals surface area (Å²) in [7, 11) is 0. The van der Waals surface area contributed by atoms with Crippen LogP contribution in [0, 0.1) is 0 Å². The fourth-order valence-corrected chi connectivity index (χ4v) is 3.70. The van der Waals surface area contributed by atoms with Crippen LogP contribution in [0.4, 0.5) is 11.4 Å².